The van der Waals surface area contributed by atoms with Crippen molar-refractivity contribution < 1.29 is 4.74 Å². The van der Waals surface area contributed by atoms with E-state index >= 15 is 0 Å². The molecule has 1 atom stereocenters. The van der Waals surface area contributed by atoms with Crippen LogP contribution in [0.25, 0.3) is 0 Å². The van der Waals surface area contributed by atoms with Crippen molar-refractivity contribution in [3.63, 3.8) is 0 Å². The van der Waals surface area contributed by atoms with Gasteiger partial charge in [0.2, 0.25) is 0 Å². The van der Waals surface area contributed by atoms with Gasteiger partial charge in [-0.2, -0.15) is 0 Å². The highest BCUT2D eigenvalue weighted by molar-refractivity contribution is 5.28. The number of rotatable bonds is 4. The molecule has 4 nitrogen and oxygen atoms in total. The number of aryl methyl sites for hydroxylation is 1. The van der Waals surface area contributed by atoms with Crippen LogP contribution >= 0.6 is 0 Å². The molecule has 1 N–H and O–H groups in total. The van der Waals surface area contributed by atoms with Gasteiger partial charge in [-0.15, -0.1) is 0 Å². The van der Waals surface area contributed by atoms with Gasteiger partial charge in [0.15, 0.2) is 5.82 Å². The average Bonchev–Trinajstić information content (AvgIpc) is 2.37. The largest absolute Gasteiger partial charge is 0.371 e. The van der Waals surface area contributed by atoms with E-state index in [-0.39, 0.29) is 6.10 Å². The van der Waals surface area contributed by atoms with E-state index in [1.54, 1.807) is 0 Å². The molecule has 2 heterocycles. The first-order chi connectivity index (χ1) is 8.26. The molecule has 0 saturated carbocycles. The van der Waals surface area contributed by atoms with Crippen LogP contribution in [0.5, 0.6) is 0 Å². The minimum atomic E-state index is -0.00881. The molecule has 1 aromatic heterocycles. The number of aromatic nitrogens is 2. The summed E-state index contributed by atoms with van der Waals surface area (Å²) in [6.45, 7) is 8.78. The fraction of sp³-hybridized carbons (Fsp3) is 0.692. The molecule has 0 spiro atoms. The molecule has 4 heteroatoms. The van der Waals surface area contributed by atoms with Crippen molar-refractivity contribution >= 4 is 0 Å². The second-order valence-electron chi connectivity index (χ2n) is 4.33. The van der Waals surface area contributed by atoms with E-state index in [1.165, 1.54) is 17.0 Å². The third-order valence-corrected chi connectivity index (χ3v) is 3.15. The van der Waals surface area contributed by atoms with Crippen LogP contribution < -0.4 is 5.32 Å². The summed E-state index contributed by atoms with van der Waals surface area (Å²) in [7, 11) is 0. The highest BCUT2D eigenvalue weighted by atomic mass is 16.5. The van der Waals surface area contributed by atoms with E-state index in [9.17, 15) is 0 Å². The smallest absolute Gasteiger partial charge is 0.157 e. The lowest BCUT2D eigenvalue weighted by Crippen LogP contribution is -2.27. The van der Waals surface area contributed by atoms with Crippen LogP contribution in [0, 0.1) is 0 Å². The predicted octanol–water partition coefficient (Wildman–Crippen LogP) is 1.78. The zero-order valence-corrected chi connectivity index (χ0v) is 10.9. The van der Waals surface area contributed by atoms with Gasteiger partial charge in [-0.1, -0.05) is 6.92 Å². The SMILES string of the molecule is CCOC(C)c1nc(CC)c2c(n1)CCNC2. The fourth-order valence-electron chi connectivity index (χ4n) is 2.23. The molecule has 0 radical (unpaired) electrons. The Balaban J connectivity index is 2.35. The van der Waals surface area contributed by atoms with Crippen LogP contribution in [0.3, 0.4) is 0 Å². The number of fused-ring (bicyclic) bond motifs is 1. The van der Waals surface area contributed by atoms with Crippen molar-refractivity contribution in [1.29, 1.82) is 0 Å². The Morgan fingerprint density at radius 2 is 2.18 bits per heavy atom. The van der Waals surface area contributed by atoms with Crippen molar-refractivity contribution in [2.45, 2.75) is 46.3 Å². The maximum absolute atomic E-state index is 5.58. The molecule has 0 amide bonds. The van der Waals surface area contributed by atoms with E-state index in [0.29, 0.717) is 6.61 Å². The minimum Gasteiger partial charge on any atom is -0.371 e. The van der Waals surface area contributed by atoms with Crippen molar-refractivity contribution in [3.8, 4) is 0 Å². The third kappa shape index (κ3) is 2.64. The van der Waals surface area contributed by atoms with Crippen LogP contribution in [0.2, 0.25) is 0 Å². The molecule has 0 fully saturated rings. The number of nitrogens with zero attached hydrogens (tertiary/aromatic N) is 2. The Kier molecular flexibility index (Phi) is 4.07. The van der Waals surface area contributed by atoms with Crippen LogP contribution in [0.15, 0.2) is 0 Å². The van der Waals surface area contributed by atoms with Gasteiger partial charge in [0.25, 0.3) is 0 Å². The first-order valence-corrected chi connectivity index (χ1v) is 6.47. The lowest BCUT2D eigenvalue weighted by molar-refractivity contribution is 0.0696. The number of hydrogen-bond acceptors (Lipinski definition) is 4. The molecule has 2 rings (SSSR count). The fourth-order valence-corrected chi connectivity index (χ4v) is 2.23. The Morgan fingerprint density at radius 3 is 2.88 bits per heavy atom. The van der Waals surface area contributed by atoms with E-state index < -0.39 is 0 Å². The van der Waals surface area contributed by atoms with Crippen LogP contribution in [-0.2, 0) is 24.1 Å². The van der Waals surface area contributed by atoms with Crippen molar-refractivity contribution in [2.24, 2.45) is 0 Å². The first kappa shape index (κ1) is 12.5. The second kappa shape index (κ2) is 5.56. The number of hydrogen-bond donors (Lipinski definition) is 1. The molecular formula is C13H21N3O. The Bertz CT molecular complexity index is 375. The summed E-state index contributed by atoms with van der Waals surface area (Å²) in [5.41, 5.74) is 3.67. The quantitative estimate of drug-likeness (QED) is 0.864. The first-order valence-electron chi connectivity index (χ1n) is 6.47. The zero-order chi connectivity index (χ0) is 12.3. The number of ether oxygens (including phenoxy) is 1. The van der Waals surface area contributed by atoms with Gasteiger partial charge < -0.3 is 10.1 Å². The van der Waals surface area contributed by atoms with Crippen LogP contribution in [0.4, 0.5) is 0 Å². The van der Waals surface area contributed by atoms with Gasteiger partial charge in [-0.3, -0.25) is 0 Å². The lowest BCUT2D eigenvalue weighted by Gasteiger charge is -2.21. The molecule has 17 heavy (non-hydrogen) atoms. The van der Waals surface area contributed by atoms with Crippen molar-refractivity contribution in [1.82, 2.24) is 15.3 Å². The third-order valence-electron chi connectivity index (χ3n) is 3.15. The molecule has 94 valence electrons. The standard InChI is InChI=1S/C13H21N3O/c1-4-11-10-8-14-7-6-12(10)16-13(15-11)9(3)17-5-2/h9,14H,4-8H2,1-3H3. The van der Waals surface area contributed by atoms with Gasteiger partial charge >= 0.3 is 0 Å². The molecule has 1 aliphatic heterocycles. The van der Waals surface area contributed by atoms with Gasteiger partial charge in [0.1, 0.15) is 6.10 Å². The van der Waals surface area contributed by atoms with Gasteiger partial charge in [-0.05, 0) is 20.3 Å². The highest BCUT2D eigenvalue weighted by Gasteiger charge is 2.18. The Morgan fingerprint density at radius 1 is 1.35 bits per heavy atom. The maximum Gasteiger partial charge on any atom is 0.157 e. The maximum atomic E-state index is 5.58. The molecule has 1 unspecified atom stereocenters. The molecule has 1 aromatic rings. The monoisotopic (exact) mass is 235 g/mol. The van der Waals surface area contributed by atoms with E-state index in [0.717, 1.165) is 31.8 Å². The van der Waals surface area contributed by atoms with Gasteiger partial charge in [-0.25, -0.2) is 9.97 Å². The minimum absolute atomic E-state index is 0.00881. The molecule has 0 aliphatic carbocycles. The van der Waals surface area contributed by atoms with E-state index in [4.69, 9.17) is 4.74 Å². The van der Waals surface area contributed by atoms with Gasteiger partial charge in [0.05, 0.1) is 5.69 Å². The Labute approximate surface area is 103 Å². The average molecular weight is 235 g/mol. The Hall–Kier alpha value is -1.00. The lowest BCUT2D eigenvalue weighted by atomic mass is 10.0. The van der Waals surface area contributed by atoms with Crippen LogP contribution in [-0.4, -0.2) is 23.1 Å². The summed E-state index contributed by atoms with van der Waals surface area (Å²) in [4.78, 5) is 9.31. The van der Waals surface area contributed by atoms with Gasteiger partial charge in [0, 0.05) is 37.4 Å². The molecular weight excluding hydrogens is 214 g/mol. The molecule has 1 aliphatic rings. The zero-order valence-electron chi connectivity index (χ0n) is 10.9. The topological polar surface area (TPSA) is 47.0 Å². The molecule has 0 bridgehead atoms. The summed E-state index contributed by atoms with van der Waals surface area (Å²) in [5, 5.41) is 3.38. The van der Waals surface area contributed by atoms with Crippen LogP contribution in [0.1, 0.15) is 49.7 Å². The summed E-state index contributed by atoms with van der Waals surface area (Å²) in [6.07, 6.45) is 1.94. The second-order valence-corrected chi connectivity index (χ2v) is 4.33. The summed E-state index contributed by atoms with van der Waals surface area (Å²) >= 11 is 0. The summed E-state index contributed by atoms with van der Waals surface area (Å²) < 4.78 is 5.58. The predicted molar refractivity (Wildman–Crippen MR) is 66.9 cm³/mol. The molecule has 0 aromatic carbocycles. The highest BCUT2D eigenvalue weighted by Crippen LogP contribution is 2.20. The van der Waals surface area contributed by atoms with E-state index in [1.807, 2.05) is 13.8 Å². The van der Waals surface area contributed by atoms with Crippen molar-refractivity contribution in [3.05, 3.63) is 22.8 Å². The normalized spacial score (nSPS) is 16.6. The summed E-state index contributed by atoms with van der Waals surface area (Å²) in [5.74, 6) is 0.837. The van der Waals surface area contributed by atoms with Crippen molar-refractivity contribution in [2.75, 3.05) is 13.2 Å². The number of nitrogens with one attached hydrogen (secondary N) is 1. The van der Waals surface area contributed by atoms with E-state index in [2.05, 4.69) is 22.2 Å². The summed E-state index contributed by atoms with van der Waals surface area (Å²) in [6, 6.07) is 0. The molecule has 0 saturated heterocycles.